The summed E-state index contributed by atoms with van der Waals surface area (Å²) in [6, 6.07) is 0. The van der Waals surface area contributed by atoms with Gasteiger partial charge in [-0.25, -0.2) is 0 Å². The van der Waals surface area contributed by atoms with E-state index >= 15 is 0 Å². The van der Waals surface area contributed by atoms with Crippen LogP contribution in [0.3, 0.4) is 0 Å². The van der Waals surface area contributed by atoms with Crippen LogP contribution < -0.4 is 0 Å². The number of hydrogen-bond acceptors (Lipinski definition) is 2. The van der Waals surface area contributed by atoms with Gasteiger partial charge in [0.1, 0.15) is 0 Å². The highest BCUT2D eigenvalue weighted by Crippen LogP contribution is 2.56. The molecule has 0 heterocycles. The lowest BCUT2D eigenvalue weighted by Gasteiger charge is -2.42. The Balaban J connectivity index is 2.14. The van der Waals surface area contributed by atoms with E-state index in [0.29, 0.717) is 5.92 Å². The molecule has 2 rings (SSSR count). The Morgan fingerprint density at radius 1 is 1.50 bits per heavy atom. The number of rotatable bonds is 1. The molecule has 0 unspecified atom stereocenters. The fourth-order valence-electron chi connectivity index (χ4n) is 3.71. The van der Waals surface area contributed by atoms with Crippen LogP contribution in [0.25, 0.3) is 0 Å². The van der Waals surface area contributed by atoms with Crippen LogP contribution >= 0.6 is 0 Å². The maximum atomic E-state index is 11.6. The zero-order valence-electron chi connectivity index (χ0n) is 10.4. The quantitative estimate of drug-likeness (QED) is 0.502. The topological polar surface area (TPSA) is 26.3 Å². The van der Waals surface area contributed by atoms with Gasteiger partial charge in [0.05, 0.1) is 13.0 Å². The van der Waals surface area contributed by atoms with Gasteiger partial charge in [0.15, 0.2) is 0 Å². The van der Waals surface area contributed by atoms with Crippen LogP contribution in [-0.4, -0.2) is 13.1 Å². The van der Waals surface area contributed by atoms with E-state index in [1.165, 1.54) is 25.5 Å². The Morgan fingerprint density at radius 3 is 2.88 bits per heavy atom. The Kier molecular flexibility index (Phi) is 3.09. The van der Waals surface area contributed by atoms with E-state index in [1.54, 1.807) is 0 Å². The van der Waals surface area contributed by atoms with Crippen LogP contribution in [0.4, 0.5) is 0 Å². The van der Waals surface area contributed by atoms with Crippen molar-refractivity contribution in [3.05, 3.63) is 12.2 Å². The molecule has 2 aliphatic carbocycles. The van der Waals surface area contributed by atoms with Gasteiger partial charge < -0.3 is 4.74 Å². The van der Waals surface area contributed by atoms with E-state index in [-0.39, 0.29) is 17.3 Å². The second kappa shape index (κ2) is 4.23. The molecule has 2 fully saturated rings. The number of hydrogen-bond donors (Lipinski definition) is 0. The van der Waals surface area contributed by atoms with Gasteiger partial charge in [0.2, 0.25) is 0 Å². The minimum Gasteiger partial charge on any atom is -0.469 e. The first kappa shape index (κ1) is 11.7. The summed E-state index contributed by atoms with van der Waals surface area (Å²) in [5.74, 6) is 0.771. The van der Waals surface area contributed by atoms with Crippen LogP contribution in [0, 0.1) is 17.3 Å². The highest BCUT2D eigenvalue weighted by molar-refractivity contribution is 5.72. The lowest BCUT2D eigenvalue weighted by molar-refractivity contribution is -0.145. The summed E-state index contributed by atoms with van der Waals surface area (Å²) in [4.78, 5) is 11.6. The molecule has 0 aliphatic heterocycles. The third-order valence-electron chi connectivity index (χ3n) is 4.85. The number of carbonyl (C=O) groups is 1. The highest BCUT2D eigenvalue weighted by Gasteiger charge is 2.48. The van der Waals surface area contributed by atoms with Gasteiger partial charge in [-0.15, -0.1) is 0 Å². The predicted octanol–water partition coefficient (Wildman–Crippen LogP) is 3.32. The largest absolute Gasteiger partial charge is 0.469 e. The van der Waals surface area contributed by atoms with Crippen molar-refractivity contribution in [2.45, 2.75) is 45.4 Å². The van der Waals surface area contributed by atoms with Crippen molar-refractivity contribution in [2.75, 3.05) is 7.11 Å². The Bertz CT molecular complexity index is 308. The van der Waals surface area contributed by atoms with Crippen molar-refractivity contribution in [1.82, 2.24) is 0 Å². The smallest absolute Gasteiger partial charge is 0.308 e. The molecule has 2 nitrogen and oxygen atoms in total. The lowest BCUT2D eigenvalue weighted by atomic mass is 9.63. The van der Waals surface area contributed by atoms with Crippen LogP contribution in [0.15, 0.2) is 12.2 Å². The zero-order chi connectivity index (χ0) is 11.8. The molecular formula is C14H22O2. The summed E-state index contributed by atoms with van der Waals surface area (Å²) in [5, 5.41) is 0. The minimum absolute atomic E-state index is 0.0255. The van der Waals surface area contributed by atoms with Gasteiger partial charge >= 0.3 is 5.97 Å². The van der Waals surface area contributed by atoms with Crippen molar-refractivity contribution in [2.24, 2.45) is 17.3 Å². The number of esters is 1. The van der Waals surface area contributed by atoms with Gasteiger partial charge in [-0.1, -0.05) is 19.1 Å². The van der Waals surface area contributed by atoms with E-state index in [0.717, 1.165) is 25.7 Å². The molecule has 0 bridgehead atoms. The van der Waals surface area contributed by atoms with Crippen molar-refractivity contribution in [3.8, 4) is 0 Å². The molecular weight excluding hydrogens is 200 g/mol. The van der Waals surface area contributed by atoms with E-state index in [1.807, 2.05) is 0 Å². The first-order chi connectivity index (χ1) is 7.60. The second-order valence-electron chi connectivity index (χ2n) is 5.52. The molecule has 0 aromatic rings. The van der Waals surface area contributed by atoms with E-state index in [4.69, 9.17) is 4.74 Å². The second-order valence-corrected chi connectivity index (χ2v) is 5.52. The van der Waals surface area contributed by atoms with Gasteiger partial charge in [-0.3, -0.25) is 4.79 Å². The Labute approximate surface area is 98.1 Å². The lowest BCUT2D eigenvalue weighted by Crippen LogP contribution is -2.32. The zero-order valence-corrected chi connectivity index (χ0v) is 10.4. The molecule has 0 N–H and O–H groups in total. The third kappa shape index (κ3) is 1.68. The molecule has 1 spiro atoms. The van der Waals surface area contributed by atoms with Gasteiger partial charge in [0.25, 0.3) is 0 Å². The van der Waals surface area contributed by atoms with Crippen molar-refractivity contribution >= 4 is 5.97 Å². The molecule has 2 heteroatoms. The summed E-state index contributed by atoms with van der Waals surface area (Å²) in [5.41, 5.74) is 1.63. The summed E-state index contributed by atoms with van der Waals surface area (Å²) in [6.45, 7) is 6.59. The van der Waals surface area contributed by atoms with E-state index in [9.17, 15) is 4.79 Å². The van der Waals surface area contributed by atoms with Gasteiger partial charge in [0, 0.05) is 0 Å². The Morgan fingerprint density at radius 2 is 2.25 bits per heavy atom. The van der Waals surface area contributed by atoms with Gasteiger partial charge in [-0.05, 0) is 49.9 Å². The van der Waals surface area contributed by atoms with Crippen LogP contribution in [-0.2, 0) is 9.53 Å². The molecule has 3 atom stereocenters. The summed E-state index contributed by atoms with van der Waals surface area (Å²) >= 11 is 0. The van der Waals surface area contributed by atoms with Crippen LogP contribution in [0.5, 0.6) is 0 Å². The van der Waals surface area contributed by atoms with Crippen molar-refractivity contribution in [1.29, 1.82) is 0 Å². The third-order valence-corrected chi connectivity index (χ3v) is 4.85. The first-order valence-electron chi connectivity index (χ1n) is 6.36. The fraction of sp³-hybridized carbons (Fsp3) is 0.786. The van der Waals surface area contributed by atoms with Crippen molar-refractivity contribution < 1.29 is 9.53 Å². The molecule has 2 saturated carbocycles. The van der Waals surface area contributed by atoms with E-state index < -0.39 is 0 Å². The summed E-state index contributed by atoms with van der Waals surface area (Å²) in [6.07, 6.45) is 6.79. The fourth-order valence-corrected chi connectivity index (χ4v) is 3.71. The number of allylic oxidation sites excluding steroid dienone is 1. The molecule has 16 heavy (non-hydrogen) atoms. The van der Waals surface area contributed by atoms with Crippen LogP contribution in [0.2, 0.25) is 0 Å². The van der Waals surface area contributed by atoms with E-state index in [2.05, 4.69) is 13.5 Å². The monoisotopic (exact) mass is 222 g/mol. The SMILES string of the molecule is C=C1CCC[C@@H](C)[C@]12CC[C@H](C(=O)OC)C2. The minimum atomic E-state index is -0.0255. The summed E-state index contributed by atoms with van der Waals surface area (Å²) < 4.78 is 4.87. The molecule has 0 saturated heterocycles. The highest BCUT2D eigenvalue weighted by atomic mass is 16.5. The molecule has 0 aromatic carbocycles. The molecule has 90 valence electrons. The average molecular weight is 222 g/mol. The molecule has 0 radical (unpaired) electrons. The maximum absolute atomic E-state index is 11.6. The molecule has 2 aliphatic rings. The summed E-state index contributed by atoms with van der Waals surface area (Å²) in [7, 11) is 1.49. The number of ether oxygens (including phenoxy) is 1. The predicted molar refractivity (Wildman–Crippen MR) is 63.9 cm³/mol. The number of methoxy groups -OCH3 is 1. The van der Waals surface area contributed by atoms with Crippen LogP contribution in [0.1, 0.15) is 45.4 Å². The Hall–Kier alpha value is -0.790. The van der Waals surface area contributed by atoms with Crippen molar-refractivity contribution in [3.63, 3.8) is 0 Å². The normalized spacial score (nSPS) is 39.0. The molecule has 0 aromatic heterocycles. The standard InChI is InChI=1S/C14H22O2/c1-10-5-4-6-11(2)14(10)8-7-12(9-14)13(15)16-3/h11-12H,1,4-9H2,2-3H3/t11-,12+,14+/m1/s1. The maximum Gasteiger partial charge on any atom is 0.308 e. The molecule has 0 amide bonds. The first-order valence-corrected chi connectivity index (χ1v) is 6.36. The number of carbonyl (C=O) groups excluding carboxylic acids is 1. The average Bonchev–Trinajstić information content (AvgIpc) is 2.72. The van der Waals surface area contributed by atoms with Gasteiger partial charge in [-0.2, -0.15) is 0 Å².